The Morgan fingerprint density at radius 3 is 2.48 bits per heavy atom. The first-order chi connectivity index (χ1) is 9.68. The van der Waals surface area contributed by atoms with Crippen molar-refractivity contribution in [1.29, 1.82) is 0 Å². The van der Waals surface area contributed by atoms with E-state index in [0.29, 0.717) is 25.9 Å². The molecule has 1 aromatic rings. The molecule has 0 aliphatic carbocycles. The van der Waals surface area contributed by atoms with Gasteiger partial charge >= 0.3 is 0 Å². The number of rotatable bonds is 4. The minimum absolute atomic E-state index is 0.0658. The van der Waals surface area contributed by atoms with Crippen LogP contribution in [0.5, 0.6) is 0 Å². The molecular formula is C11H18ClN5O2S2. The summed E-state index contributed by atoms with van der Waals surface area (Å²) >= 11 is 11.0. The number of hydrogen-bond donors (Lipinski definition) is 2. The molecule has 2 heterocycles. The van der Waals surface area contributed by atoms with E-state index in [-0.39, 0.29) is 15.0 Å². The Balaban J connectivity index is 2.35. The number of likely N-dealkylation sites (tertiary alicyclic amines) is 1. The molecule has 0 amide bonds. The Hall–Kier alpha value is -0.740. The molecule has 0 radical (unpaired) electrons. The van der Waals surface area contributed by atoms with Crippen LogP contribution in [0.4, 0.5) is 0 Å². The van der Waals surface area contributed by atoms with Gasteiger partial charge in [0.25, 0.3) is 10.0 Å². The molecule has 0 aromatic carbocycles. The van der Waals surface area contributed by atoms with Gasteiger partial charge in [-0.25, -0.2) is 8.42 Å². The van der Waals surface area contributed by atoms with Crippen molar-refractivity contribution < 1.29 is 8.42 Å². The molecule has 3 N–H and O–H groups in total. The van der Waals surface area contributed by atoms with E-state index >= 15 is 0 Å². The van der Waals surface area contributed by atoms with Crippen LogP contribution in [0.2, 0.25) is 5.02 Å². The molecule has 1 aliphatic rings. The van der Waals surface area contributed by atoms with Crippen molar-refractivity contribution in [1.82, 2.24) is 19.4 Å². The molecule has 1 aliphatic heterocycles. The van der Waals surface area contributed by atoms with E-state index in [9.17, 15) is 8.42 Å². The zero-order valence-corrected chi connectivity index (χ0v) is 14.2. The number of hydrogen-bond acceptors (Lipinski definition) is 5. The van der Waals surface area contributed by atoms with Gasteiger partial charge in [0.05, 0.1) is 21.7 Å². The van der Waals surface area contributed by atoms with E-state index in [0.717, 1.165) is 0 Å². The lowest BCUT2D eigenvalue weighted by molar-refractivity contribution is 0.220. The number of halogens is 1. The quantitative estimate of drug-likeness (QED) is 0.747. The van der Waals surface area contributed by atoms with Gasteiger partial charge in [0.15, 0.2) is 5.03 Å². The van der Waals surface area contributed by atoms with Crippen LogP contribution in [0.3, 0.4) is 0 Å². The molecule has 0 spiro atoms. The van der Waals surface area contributed by atoms with Gasteiger partial charge in [-0.05, 0) is 19.9 Å². The molecule has 10 heteroatoms. The highest BCUT2D eigenvalue weighted by atomic mass is 35.5. The lowest BCUT2D eigenvalue weighted by Crippen LogP contribution is -2.61. The van der Waals surface area contributed by atoms with Crippen molar-refractivity contribution >= 4 is 38.8 Å². The summed E-state index contributed by atoms with van der Waals surface area (Å²) in [7, 11) is -0.382. The number of aromatic nitrogens is 2. The Morgan fingerprint density at radius 2 is 2.05 bits per heavy atom. The number of aryl methyl sites for hydroxylation is 1. The monoisotopic (exact) mass is 351 g/mol. The van der Waals surface area contributed by atoms with Gasteiger partial charge in [-0.15, -0.1) is 0 Å². The SMILES string of the molecule is CN1CCC(NS(=O)(=O)c2c(Cl)cnn2C)(C(N)=S)CC1. The van der Waals surface area contributed by atoms with E-state index in [4.69, 9.17) is 29.6 Å². The fourth-order valence-electron chi connectivity index (χ4n) is 2.41. The molecule has 2 rings (SSSR count). The highest BCUT2D eigenvalue weighted by Crippen LogP contribution is 2.27. The molecule has 0 bridgehead atoms. The zero-order valence-electron chi connectivity index (χ0n) is 11.8. The largest absolute Gasteiger partial charge is 0.392 e. The van der Waals surface area contributed by atoms with Crippen LogP contribution in [0.25, 0.3) is 0 Å². The van der Waals surface area contributed by atoms with Gasteiger partial charge < -0.3 is 10.6 Å². The fourth-order valence-corrected chi connectivity index (χ4v) is 4.83. The standard InChI is InChI=1S/C11H18ClN5O2S2/c1-16-5-3-11(4-6-16,10(13)20)15-21(18,19)9-8(12)7-14-17(9)2/h7,15H,3-6H2,1-2H3,(H2,13,20). The summed E-state index contributed by atoms with van der Waals surface area (Å²) in [4.78, 5) is 2.25. The molecule has 1 aromatic heterocycles. The second kappa shape index (κ2) is 5.81. The lowest BCUT2D eigenvalue weighted by atomic mass is 9.89. The van der Waals surface area contributed by atoms with E-state index in [2.05, 4.69) is 14.7 Å². The van der Waals surface area contributed by atoms with Crippen molar-refractivity contribution in [3.8, 4) is 0 Å². The molecular weight excluding hydrogens is 334 g/mol. The summed E-state index contributed by atoms with van der Waals surface area (Å²) in [5.74, 6) is 0. The number of nitrogens with zero attached hydrogens (tertiary/aromatic N) is 3. The molecule has 0 unspecified atom stereocenters. The Labute approximate surface area is 134 Å². The fraction of sp³-hybridized carbons (Fsp3) is 0.636. The third-order valence-corrected chi connectivity index (χ3v) is 6.17. The summed E-state index contributed by atoms with van der Waals surface area (Å²) in [6.07, 6.45) is 2.33. The molecule has 1 saturated heterocycles. The third-order valence-electron chi connectivity index (χ3n) is 3.74. The maximum absolute atomic E-state index is 12.6. The first kappa shape index (κ1) is 16.6. The summed E-state index contributed by atoms with van der Waals surface area (Å²) in [5.41, 5.74) is 4.89. The normalized spacial score (nSPS) is 19.6. The molecule has 0 saturated carbocycles. The van der Waals surface area contributed by atoms with Crippen molar-refractivity contribution in [3.05, 3.63) is 11.2 Å². The minimum atomic E-state index is -3.87. The van der Waals surface area contributed by atoms with Gasteiger partial charge in [0.2, 0.25) is 0 Å². The second-order valence-corrected chi connectivity index (χ2v) is 7.72. The maximum atomic E-state index is 12.6. The average Bonchev–Trinajstić information content (AvgIpc) is 2.72. The van der Waals surface area contributed by atoms with Crippen LogP contribution in [0.15, 0.2) is 11.2 Å². The smallest absolute Gasteiger partial charge is 0.260 e. The Morgan fingerprint density at radius 1 is 1.48 bits per heavy atom. The highest BCUT2D eigenvalue weighted by molar-refractivity contribution is 7.89. The predicted molar refractivity (Wildman–Crippen MR) is 84.8 cm³/mol. The van der Waals surface area contributed by atoms with Crippen LogP contribution in [0, 0.1) is 0 Å². The lowest BCUT2D eigenvalue weighted by Gasteiger charge is -2.40. The van der Waals surface area contributed by atoms with Crippen LogP contribution in [-0.2, 0) is 17.1 Å². The minimum Gasteiger partial charge on any atom is -0.392 e. The van der Waals surface area contributed by atoms with Gasteiger partial charge in [-0.1, -0.05) is 23.8 Å². The van der Waals surface area contributed by atoms with Crippen molar-refractivity contribution in [2.75, 3.05) is 20.1 Å². The summed E-state index contributed by atoms with van der Waals surface area (Å²) < 4.78 is 29.1. The van der Waals surface area contributed by atoms with Crippen molar-refractivity contribution in [3.63, 3.8) is 0 Å². The Bertz CT molecular complexity index is 630. The molecule has 21 heavy (non-hydrogen) atoms. The number of thiocarbonyl (C=S) groups is 1. The number of nitrogens with one attached hydrogen (secondary N) is 1. The first-order valence-electron chi connectivity index (χ1n) is 6.38. The summed E-state index contributed by atoms with van der Waals surface area (Å²) in [6.45, 7) is 1.41. The van der Waals surface area contributed by atoms with E-state index in [1.807, 2.05) is 7.05 Å². The van der Waals surface area contributed by atoms with E-state index in [1.54, 1.807) is 0 Å². The van der Waals surface area contributed by atoms with Crippen molar-refractivity contribution in [2.24, 2.45) is 12.8 Å². The van der Waals surface area contributed by atoms with E-state index < -0.39 is 15.6 Å². The summed E-state index contributed by atoms with van der Waals surface area (Å²) in [5, 5.41) is 3.83. The molecule has 1 fully saturated rings. The highest BCUT2D eigenvalue weighted by Gasteiger charge is 2.41. The molecule has 118 valence electrons. The maximum Gasteiger partial charge on any atom is 0.260 e. The van der Waals surface area contributed by atoms with Crippen LogP contribution < -0.4 is 10.5 Å². The molecule has 0 atom stereocenters. The first-order valence-corrected chi connectivity index (χ1v) is 8.65. The average molecular weight is 352 g/mol. The van der Waals surface area contributed by atoms with Gasteiger partial charge in [-0.3, -0.25) is 4.68 Å². The van der Waals surface area contributed by atoms with E-state index in [1.165, 1.54) is 17.9 Å². The second-order valence-electron chi connectivity index (χ2n) is 5.28. The zero-order chi connectivity index (χ0) is 15.8. The van der Waals surface area contributed by atoms with Gasteiger partial charge in [-0.2, -0.15) is 9.82 Å². The predicted octanol–water partition coefficient (Wildman–Crippen LogP) is 0.102. The third kappa shape index (κ3) is 3.21. The van der Waals surface area contributed by atoms with Gasteiger partial charge in [0, 0.05) is 20.1 Å². The van der Waals surface area contributed by atoms with Gasteiger partial charge in [0.1, 0.15) is 0 Å². The Kier molecular flexibility index (Phi) is 4.60. The topological polar surface area (TPSA) is 93.2 Å². The van der Waals surface area contributed by atoms with Crippen LogP contribution in [-0.4, -0.2) is 53.8 Å². The number of piperidine rings is 1. The van der Waals surface area contributed by atoms with Crippen molar-refractivity contribution in [2.45, 2.75) is 23.4 Å². The van der Waals surface area contributed by atoms with Crippen LogP contribution in [0.1, 0.15) is 12.8 Å². The number of nitrogens with two attached hydrogens (primary N) is 1. The summed E-state index contributed by atoms with van der Waals surface area (Å²) in [6, 6.07) is 0. The molecule has 7 nitrogen and oxygen atoms in total. The van der Waals surface area contributed by atoms with Crippen LogP contribution >= 0.6 is 23.8 Å². The number of sulfonamides is 1.